The number of ether oxygens (including phenoxy) is 1. The van der Waals surface area contributed by atoms with Crippen molar-refractivity contribution in [1.29, 1.82) is 0 Å². The largest absolute Gasteiger partial charge is 0.493 e. The Labute approximate surface area is 198 Å². The summed E-state index contributed by atoms with van der Waals surface area (Å²) < 4.78 is 7.99. The van der Waals surface area contributed by atoms with E-state index in [1.165, 1.54) is 4.88 Å². The predicted molar refractivity (Wildman–Crippen MR) is 128 cm³/mol. The van der Waals surface area contributed by atoms with E-state index >= 15 is 0 Å². The molecule has 1 fully saturated rings. The number of hydrogen-bond donors (Lipinski definition) is 0. The van der Waals surface area contributed by atoms with Crippen LogP contribution in [0.15, 0.2) is 24.5 Å². The standard InChI is InChI=1S/C24H30N6O2S/c1-15(2)28-8-9-29(14-31)19(12-28)17-5-6-20-18(11-17)22-21(7-10-32-20)33-24(27-22)23-25-13-26-30(23)16(3)4/h5-6,11,13-16,19H,7-10,12H2,1-4H3. The van der Waals surface area contributed by atoms with Gasteiger partial charge in [0, 0.05) is 48.6 Å². The molecule has 174 valence electrons. The lowest BCUT2D eigenvalue weighted by Crippen LogP contribution is -2.50. The zero-order valence-corrected chi connectivity index (χ0v) is 20.4. The van der Waals surface area contributed by atoms with Crippen LogP contribution < -0.4 is 4.74 Å². The van der Waals surface area contributed by atoms with Crippen molar-refractivity contribution in [3.8, 4) is 27.8 Å². The van der Waals surface area contributed by atoms with Crippen molar-refractivity contribution >= 4 is 17.7 Å². The van der Waals surface area contributed by atoms with Gasteiger partial charge in [0.1, 0.15) is 12.1 Å². The Morgan fingerprint density at radius 3 is 2.79 bits per heavy atom. The summed E-state index contributed by atoms with van der Waals surface area (Å²) in [4.78, 5) is 26.9. The van der Waals surface area contributed by atoms with E-state index in [9.17, 15) is 4.79 Å². The summed E-state index contributed by atoms with van der Waals surface area (Å²) in [6.45, 7) is 11.7. The first kappa shape index (κ1) is 22.0. The number of rotatable bonds is 5. The summed E-state index contributed by atoms with van der Waals surface area (Å²) in [5, 5.41) is 5.26. The maximum absolute atomic E-state index is 11.8. The van der Waals surface area contributed by atoms with Crippen molar-refractivity contribution in [3.63, 3.8) is 0 Å². The highest BCUT2D eigenvalue weighted by Crippen LogP contribution is 2.42. The number of thiazole rings is 1. The Morgan fingerprint density at radius 1 is 1.18 bits per heavy atom. The molecule has 1 amide bonds. The number of amides is 1. The molecule has 2 aromatic heterocycles. The monoisotopic (exact) mass is 466 g/mol. The fraction of sp³-hybridized carbons (Fsp3) is 0.500. The quantitative estimate of drug-likeness (QED) is 0.532. The van der Waals surface area contributed by atoms with Crippen LogP contribution in [-0.4, -0.2) is 68.2 Å². The zero-order valence-electron chi connectivity index (χ0n) is 19.6. The third-order valence-electron chi connectivity index (χ3n) is 6.50. The van der Waals surface area contributed by atoms with E-state index in [1.807, 2.05) is 15.6 Å². The zero-order chi connectivity index (χ0) is 23.1. The Kier molecular flexibility index (Phi) is 5.92. The van der Waals surface area contributed by atoms with Crippen molar-refractivity contribution in [1.82, 2.24) is 29.5 Å². The predicted octanol–water partition coefficient (Wildman–Crippen LogP) is 3.81. The molecule has 1 saturated heterocycles. The van der Waals surface area contributed by atoms with E-state index in [0.29, 0.717) is 12.6 Å². The molecule has 0 spiro atoms. The van der Waals surface area contributed by atoms with Crippen molar-refractivity contribution in [2.45, 2.75) is 52.2 Å². The van der Waals surface area contributed by atoms with Crippen molar-refractivity contribution < 1.29 is 9.53 Å². The summed E-state index contributed by atoms with van der Waals surface area (Å²) in [6.07, 6.45) is 3.38. The summed E-state index contributed by atoms with van der Waals surface area (Å²) in [6, 6.07) is 6.96. The van der Waals surface area contributed by atoms with Gasteiger partial charge in [-0.3, -0.25) is 9.69 Å². The molecule has 8 nitrogen and oxygen atoms in total. The molecule has 3 aromatic rings. The average Bonchev–Trinajstić information content (AvgIpc) is 3.43. The second-order valence-electron chi connectivity index (χ2n) is 9.21. The Bertz CT molecular complexity index is 1150. The van der Waals surface area contributed by atoms with Gasteiger partial charge in [-0.1, -0.05) is 6.07 Å². The molecular formula is C24H30N6O2S. The Balaban J connectivity index is 1.56. The minimum absolute atomic E-state index is 0.0119. The maximum atomic E-state index is 11.8. The lowest BCUT2D eigenvalue weighted by Gasteiger charge is -2.41. The van der Waals surface area contributed by atoms with Gasteiger partial charge in [0.05, 0.1) is 18.3 Å². The van der Waals surface area contributed by atoms with Crippen molar-refractivity contribution in [2.75, 3.05) is 26.2 Å². The summed E-state index contributed by atoms with van der Waals surface area (Å²) in [5.41, 5.74) is 3.06. The molecule has 4 heterocycles. The molecule has 0 N–H and O–H groups in total. The van der Waals surface area contributed by atoms with Gasteiger partial charge in [-0.05, 0) is 45.4 Å². The number of hydrogen-bond acceptors (Lipinski definition) is 7. The fourth-order valence-electron chi connectivity index (χ4n) is 4.64. The highest BCUT2D eigenvalue weighted by atomic mass is 32.1. The first-order chi connectivity index (χ1) is 16.0. The SMILES string of the molecule is CC(C)N1CCN(C=O)C(c2ccc3c(c2)-c2nc(-c4ncnn4C(C)C)sc2CCO3)C1. The lowest BCUT2D eigenvalue weighted by atomic mass is 9.98. The molecule has 2 aliphatic heterocycles. The smallest absolute Gasteiger partial charge is 0.210 e. The first-order valence-corrected chi connectivity index (χ1v) is 12.4. The second kappa shape index (κ2) is 8.87. The summed E-state index contributed by atoms with van der Waals surface area (Å²) in [5.74, 6) is 1.64. The molecule has 2 aliphatic rings. The molecule has 33 heavy (non-hydrogen) atoms. The van der Waals surface area contributed by atoms with Gasteiger partial charge in [0.15, 0.2) is 10.8 Å². The van der Waals surface area contributed by atoms with Gasteiger partial charge in [0.2, 0.25) is 6.41 Å². The van der Waals surface area contributed by atoms with Crippen molar-refractivity contribution in [2.24, 2.45) is 0 Å². The number of carbonyl (C=O) groups is 1. The number of fused-ring (bicyclic) bond motifs is 3. The minimum Gasteiger partial charge on any atom is -0.493 e. The third kappa shape index (κ3) is 4.04. The van der Waals surface area contributed by atoms with Gasteiger partial charge in [-0.15, -0.1) is 11.3 Å². The topological polar surface area (TPSA) is 76.4 Å². The van der Waals surface area contributed by atoms with Gasteiger partial charge < -0.3 is 9.64 Å². The van der Waals surface area contributed by atoms with Gasteiger partial charge in [0.25, 0.3) is 0 Å². The number of carbonyl (C=O) groups excluding carboxylic acids is 1. The summed E-state index contributed by atoms with van der Waals surface area (Å²) >= 11 is 1.66. The van der Waals surface area contributed by atoms with Crippen LogP contribution in [0.2, 0.25) is 0 Å². The van der Waals surface area contributed by atoms with Gasteiger partial charge in [-0.25, -0.2) is 14.6 Å². The molecule has 1 atom stereocenters. The molecular weight excluding hydrogens is 436 g/mol. The van der Waals surface area contributed by atoms with Gasteiger partial charge >= 0.3 is 0 Å². The van der Waals surface area contributed by atoms with E-state index in [-0.39, 0.29) is 12.1 Å². The molecule has 1 unspecified atom stereocenters. The van der Waals surface area contributed by atoms with E-state index in [0.717, 1.165) is 65.9 Å². The van der Waals surface area contributed by atoms with Gasteiger partial charge in [-0.2, -0.15) is 5.10 Å². The molecule has 1 aromatic carbocycles. The van der Waals surface area contributed by atoms with E-state index < -0.39 is 0 Å². The number of piperazine rings is 1. The average molecular weight is 467 g/mol. The Morgan fingerprint density at radius 2 is 2.03 bits per heavy atom. The highest BCUT2D eigenvalue weighted by Gasteiger charge is 2.30. The third-order valence-corrected chi connectivity index (χ3v) is 7.61. The van der Waals surface area contributed by atoms with Crippen LogP contribution in [0.25, 0.3) is 22.1 Å². The van der Waals surface area contributed by atoms with Crippen LogP contribution in [0.5, 0.6) is 5.75 Å². The van der Waals surface area contributed by atoms with Crippen LogP contribution in [0.3, 0.4) is 0 Å². The van der Waals surface area contributed by atoms with E-state index in [2.05, 4.69) is 54.8 Å². The molecule has 0 bridgehead atoms. The fourth-order valence-corrected chi connectivity index (χ4v) is 5.68. The highest BCUT2D eigenvalue weighted by molar-refractivity contribution is 7.15. The molecule has 5 rings (SSSR count). The van der Waals surface area contributed by atoms with Crippen LogP contribution in [0.1, 0.15) is 50.2 Å². The molecule has 0 aliphatic carbocycles. The minimum atomic E-state index is 0.0119. The Hall–Kier alpha value is -2.78. The molecule has 0 saturated carbocycles. The van der Waals surface area contributed by atoms with E-state index in [1.54, 1.807) is 17.7 Å². The number of benzene rings is 1. The molecule has 0 radical (unpaired) electrons. The number of nitrogens with zero attached hydrogens (tertiary/aromatic N) is 6. The summed E-state index contributed by atoms with van der Waals surface area (Å²) in [7, 11) is 0. The normalized spacial score (nSPS) is 18.7. The van der Waals surface area contributed by atoms with E-state index in [4.69, 9.17) is 9.72 Å². The molecule has 9 heteroatoms. The van der Waals surface area contributed by atoms with Crippen LogP contribution in [0, 0.1) is 0 Å². The van der Waals surface area contributed by atoms with Crippen molar-refractivity contribution in [3.05, 3.63) is 35.0 Å². The first-order valence-electron chi connectivity index (χ1n) is 11.6. The van der Waals surface area contributed by atoms with Crippen LogP contribution >= 0.6 is 11.3 Å². The maximum Gasteiger partial charge on any atom is 0.210 e. The number of aromatic nitrogens is 4. The van der Waals surface area contributed by atoms with Crippen LogP contribution in [-0.2, 0) is 11.2 Å². The lowest BCUT2D eigenvalue weighted by molar-refractivity contribution is -0.123. The second-order valence-corrected chi connectivity index (χ2v) is 10.3. The van der Waals surface area contributed by atoms with Crippen LogP contribution in [0.4, 0.5) is 0 Å².